The highest BCUT2D eigenvalue weighted by molar-refractivity contribution is 5.85. The topological polar surface area (TPSA) is 69.2 Å². The number of halogens is 1. The van der Waals surface area contributed by atoms with Gasteiger partial charge in [0, 0.05) is 17.7 Å². The summed E-state index contributed by atoms with van der Waals surface area (Å²) in [4.78, 5) is 10.3. The third-order valence-corrected chi connectivity index (χ3v) is 2.10. The molecular weight excluding hydrogens is 228 g/mol. The number of nitro groups is 1. The van der Waals surface area contributed by atoms with Crippen molar-refractivity contribution in [1.29, 1.82) is 0 Å². The fraction of sp³-hybridized carbons (Fsp3) is 0.273. The molecular formula is C11H15ClN2O2. The van der Waals surface area contributed by atoms with Crippen molar-refractivity contribution in [2.75, 3.05) is 0 Å². The molecule has 1 rings (SSSR count). The van der Waals surface area contributed by atoms with Crippen molar-refractivity contribution in [2.45, 2.75) is 19.4 Å². The second-order valence-electron chi connectivity index (χ2n) is 3.58. The van der Waals surface area contributed by atoms with Gasteiger partial charge in [0.2, 0.25) is 0 Å². The normalized spacial score (nSPS) is 11.4. The quantitative estimate of drug-likeness (QED) is 0.501. The van der Waals surface area contributed by atoms with Crippen LogP contribution >= 0.6 is 12.4 Å². The molecule has 1 aromatic carbocycles. The zero-order chi connectivity index (χ0) is 11.4. The number of hydrogen-bond acceptors (Lipinski definition) is 3. The molecule has 16 heavy (non-hydrogen) atoms. The number of benzene rings is 1. The maximum absolute atomic E-state index is 10.7. The minimum Gasteiger partial charge on any atom is -0.323 e. The van der Waals surface area contributed by atoms with Crippen LogP contribution in [0.25, 0.3) is 0 Å². The van der Waals surface area contributed by atoms with Gasteiger partial charge in [-0.15, -0.1) is 19.0 Å². The van der Waals surface area contributed by atoms with Crippen LogP contribution in [0.2, 0.25) is 0 Å². The summed E-state index contributed by atoms with van der Waals surface area (Å²) in [5.74, 6) is 0. The van der Waals surface area contributed by atoms with E-state index < -0.39 is 4.92 Å². The minimum absolute atomic E-state index is 0. The van der Waals surface area contributed by atoms with E-state index in [1.54, 1.807) is 18.2 Å². The Morgan fingerprint density at radius 3 is 2.62 bits per heavy atom. The van der Waals surface area contributed by atoms with E-state index in [1.165, 1.54) is 6.07 Å². The molecule has 0 heterocycles. The number of nitrogens with two attached hydrogens (primary N) is 1. The van der Waals surface area contributed by atoms with Crippen molar-refractivity contribution >= 4 is 18.1 Å². The Labute approximate surface area is 101 Å². The lowest BCUT2D eigenvalue weighted by Gasteiger charge is -2.11. The molecule has 2 N–H and O–H groups in total. The smallest absolute Gasteiger partial charge is 0.274 e. The number of nitrogens with zero attached hydrogens (tertiary/aromatic N) is 1. The molecule has 0 aliphatic carbocycles. The fourth-order valence-corrected chi connectivity index (χ4v) is 1.45. The molecule has 1 atom stereocenters. The standard InChI is InChI=1S/C11H14N2O2.ClH/c1-8(2)7-10(12)9-5-3-4-6-11(9)13(14)15;/h3-6,10H,1,7,12H2,2H3;1H/t10-;/m0./s1. The Morgan fingerprint density at radius 2 is 2.12 bits per heavy atom. The van der Waals surface area contributed by atoms with Gasteiger partial charge < -0.3 is 5.73 Å². The predicted octanol–water partition coefficient (Wildman–Crippen LogP) is 2.98. The third kappa shape index (κ3) is 3.64. The van der Waals surface area contributed by atoms with Gasteiger partial charge in [0.05, 0.1) is 4.92 Å². The molecule has 0 aliphatic rings. The maximum atomic E-state index is 10.7. The van der Waals surface area contributed by atoms with E-state index in [0.29, 0.717) is 12.0 Å². The van der Waals surface area contributed by atoms with Crippen LogP contribution in [0.15, 0.2) is 36.4 Å². The van der Waals surface area contributed by atoms with Crippen molar-refractivity contribution in [2.24, 2.45) is 5.73 Å². The number of rotatable bonds is 4. The second-order valence-corrected chi connectivity index (χ2v) is 3.58. The summed E-state index contributed by atoms with van der Waals surface area (Å²) in [5, 5.41) is 10.7. The highest BCUT2D eigenvalue weighted by atomic mass is 35.5. The summed E-state index contributed by atoms with van der Waals surface area (Å²) in [6.45, 7) is 5.60. The lowest BCUT2D eigenvalue weighted by molar-refractivity contribution is -0.385. The van der Waals surface area contributed by atoms with Crippen molar-refractivity contribution in [3.63, 3.8) is 0 Å². The summed E-state index contributed by atoms with van der Waals surface area (Å²) in [6.07, 6.45) is 0.560. The highest BCUT2D eigenvalue weighted by Gasteiger charge is 2.17. The molecule has 5 heteroatoms. The van der Waals surface area contributed by atoms with Crippen molar-refractivity contribution in [3.05, 3.63) is 52.1 Å². The van der Waals surface area contributed by atoms with Crippen molar-refractivity contribution in [1.82, 2.24) is 0 Å². The number of para-hydroxylation sites is 1. The summed E-state index contributed by atoms with van der Waals surface area (Å²) < 4.78 is 0. The molecule has 88 valence electrons. The Morgan fingerprint density at radius 1 is 1.56 bits per heavy atom. The average molecular weight is 243 g/mol. The minimum atomic E-state index is -0.409. The first-order valence-electron chi connectivity index (χ1n) is 4.65. The third-order valence-electron chi connectivity index (χ3n) is 2.10. The van der Waals surface area contributed by atoms with Gasteiger partial charge in [-0.1, -0.05) is 23.8 Å². The summed E-state index contributed by atoms with van der Waals surface area (Å²) in [7, 11) is 0. The Kier molecular flexibility index (Phi) is 5.71. The molecule has 0 bridgehead atoms. The van der Waals surface area contributed by atoms with Crippen LogP contribution in [0.5, 0.6) is 0 Å². The molecule has 0 spiro atoms. The summed E-state index contributed by atoms with van der Waals surface area (Å²) >= 11 is 0. The number of nitro benzene ring substituents is 1. The highest BCUT2D eigenvalue weighted by Crippen LogP contribution is 2.26. The Balaban J connectivity index is 0.00000225. The van der Waals surface area contributed by atoms with Gasteiger partial charge in [-0.3, -0.25) is 10.1 Å². The molecule has 4 nitrogen and oxygen atoms in total. The van der Waals surface area contributed by atoms with E-state index in [9.17, 15) is 10.1 Å². The van der Waals surface area contributed by atoms with Gasteiger partial charge in [0.15, 0.2) is 0 Å². The monoisotopic (exact) mass is 242 g/mol. The average Bonchev–Trinajstić information content (AvgIpc) is 2.16. The molecule has 0 aromatic heterocycles. The van der Waals surface area contributed by atoms with Gasteiger partial charge in [-0.25, -0.2) is 0 Å². The molecule has 0 unspecified atom stereocenters. The van der Waals surface area contributed by atoms with E-state index >= 15 is 0 Å². The van der Waals surface area contributed by atoms with Crippen LogP contribution in [0.1, 0.15) is 24.9 Å². The molecule has 0 radical (unpaired) electrons. The fourth-order valence-electron chi connectivity index (χ4n) is 1.45. The van der Waals surface area contributed by atoms with E-state index in [2.05, 4.69) is 6.58 Å². The first-order chi connectivity index (χ1) is 7.02. The van der Waals surface area contributed by atoms with Crippen LogP contribution < -0.4 is 5.73 Å². The first-order valence-corrected chi connectivity index (χ1v) is 4.65. The van der Waals surface area contributed by atoms with Crippen molar-refractivity contribution < 1.29 is 4.92 Å². The summed E-state index contributed by atoms with van der Waals surface area (Å²) in [5.41, 5.74) is 7.42. The largest absolute Gasteiger partial charge is 0.323 e. The van der Waals surface area contributed by atoms with E-state index in [4.69, 9.17) is 5.73 Å². The van der Waals surface area contributed by atoms with E-state index in [0.717, 1.165) is 5.57 Å². The zero-order valence-electron chi connectivity index (χ0n) is 9.05. The van der Waals surface area contributed by atoms with E-state index in [-0.39, 0.29) is 24.1 Å². The van der Waals surface area contributed by atoms with Gasteiger partial charge in [-0.2, -0.15) is 0 Å². The molecule has 0 saturated heterocycles. The molecule has 0 fully saturated rings. The van der Waals surface area contributed by atoms with Gasteiger partial charge >= 0.3 is 0 Å². The Hall–Kier alpha value is -1.39. The Bertz CT molecular complexity index is 393. The van der Waals surface area contributed by atoms with Gasteiger partial charge in [0.1, 0.15) is 0 Å². The second kappa shape index (κ2) is 6.25. The first kappa shape index (κ1) is 14.6. The van der Waals surface area contributed by atoms with Crippen LogP contribution in [-0.4, -0.2) is 4.92 Å². The van der Waals surface area contributed by atoms with Crippen LogP contribution in [-0.2, 0) is 0 Å². The lowest BCUT2D eigenvalue weighted by Crippen LogP contribution is -2.12. The molecule has 0 saturated carbocycles. The maximum Gasteiger partial charge on any atom is 0.274 e. The summed E-state index contributed by atoms with van der Waals surface area (Å²) in [6, 6.07) is 6.18. The molecule has 0 amide bonds. The van der Waals surface area contributed by atoms with Gasteiger partial charge in [-0.05, 0) is 13.3 Å². The SMILES string of the molecule is C=C(C)C[C@H](N)c1ccccc1[N+](=O)[O-].Cl. The van der Waals surface area contributed by atoms with E-state index in [1.807, 2.05) is 6.92 Å². The zero-order valence-corrected chi connectivity index (χ0v) is 9.87. The van der Waals surface area contributed by atoms with Crippen LogP contribution in [0, 0.1) is 10.1 Å². The van der Waals surface area contributed by atoms with Crippen molar-refractivity contribution in [3.8, 4) is 0 Å². The number of hydrogen-bond donors (Lipinski definition) is 1. The lowest BCUT2D eigenvalue weighted by atomic mass is 10.00. The molecule has 1 aromatic rings. The predicted molar refractivity (Wildman–Crippen MR) is 66.7 cm³/mol. The van der Waals surface area contributed by atoms with Crippen LogP contribution in [0.4, 0.5) is 5.69 Å². The molecule has 0 aliphatic heterocycles. The van der Waals surface area contributed by atoms with Crippen LogP contribution in [0.3, 0.4) is 0 Å². The van der Waals surface area contributed by atoms with Gasteiger partial charge in [0.25, 0.3) is 5.69 Å².